The Morgan fingerprint density at radius 2 is 1.58 bits per heavy atom. The number of hydrogen-bond donors (Lipinski definition) is 0. The second-order valence-corrected chi connectivity index (χ2v) is 10.7. The van der Waals surface area contributed by atoms with Gasteiger partial charge in [0.1, 0.15) is 5.84 Å². The van der Waals surface area contributed by atoms with Crippen molar-refractivity contribution >= 4 is 28.7 Å². The van der Waals surface area contributed by atoms with Crippen LogP contribution in [0, 0.1) is 5.41 Å². The Kier molecular flexibility index (Phi) is 6.55. The van der Waals surface area contributed by atoms with Gasteiger partial charge in [0.25, 0.3) is 0 Å². The number of amidine groups is 1. The van der Waals surface area contributed by atoms with E-state index >= 15 is 0 Å². The molecular formula is C26H34F3N3S. The van der Waals surface area contributed by atoms with Crippen LogP contribution in [0.1, 0.15) is 82.6 Å². The fourth-order valence-electron chi connectivity index (χ4n) is 6.59. The molecule has 0 radical (unpaired) electrons. The number of rotatable bonds is 3. The van der Waals surface area contributed by atoms with E-state index in [1.54, 1.807) is 6.07 Å². The van der Waals surface area contributed by atoms with Gasteiger partial charge in [0.05, 0.1) is 22.6 Å². The zero-order valence-corrected chi connectivity index (χ0v) is 20.1. The lowest BCUT2D eigenvalue weighted by Gasteiger charge is -2.41. The van der Waals surface area contributed by atoms with Crippen LogP contribution >= 0.6 is 12.2 Å². The van der Waals surface area contributed by atoms with E-state index in [4.69, 9.17) is 17.2 Å². The first-order chi connectivity index (χ1) is 15.9. The molecule has 0 unspecified atom stereocenters. The van der Waals surface area contributed by atoms with Crippen molar-refractivity contribution < 1.29 is 13.2 Å². The van der Waals surface area contributed by atoms with Gasteiger partial charge in [0.15, 0.2) is 0 Å². The lowest BCUT2D eigenvalue weighted by molar-refractivity contribution is -0.137. The zero-order chi connectivity index (χ0) is 23.1. The highest BCUT2D eigenvalue weighted by molar-refractivity contribution is 7.80. The maximum atomic E-state index is 13.6. The summed E-state index contributed by atoms with van der Waals surface area (Å²) < 4.78 is 40.8. The number of nitrogens with zero attached hydrogens (tertiary/aromatic N) is 3. The predicted octanol–water partition coefficient (Wildman–Crippen LogP) is 7.00. The van der Waals surface area contributed by atoms with E-state index in [2.05, 4.69) is 4.90 Å². The number of likely N-dealkylation sites (tertiary alicyclic amines) is 1. The third-order valence-electron chi connectivity index (χ3n) is 8.20. The third kappa shape index (κ3) is 4.36. The number of thiocarbonyl (C=S) groups is 1. The van der Waals surface area contributed by atoms with Gasteiger partial charge in [-0.15, -0.1) is 0 Å². The summed E-state index contributed by atoms with van der Waals surface area (Å²) in [5.74, 6) is 0.926. The molecule has 1 atom stereocenters. The first-order valence-electron chi connectivity index (χ1n) is 12.7. The number of benzene rings is 1. The summed E-state index contributed by atoms with van der Waals surface area (Å²) in [6, 6.07) is 6.04. The molecule has 2 saturated heterocycles. The molecule has 1 aromatic rings. The molecule has 5 rings (SSSR count). The van der Waals surface area contributed by atoms with E-state index < -0.39 is 11.7 Å². The van der Waals surface area contributed by atoms with Crippen LogP contribution in [0.25, 0.3) is 0 Å². The second-order valence-electron chi connectivity index (χ2n) is 10.3. The lowest BCUT2D eigenvalue weighted by atomic mass is 9.70. The van der Waals surface area contributed by atoms with Gasteiger partial charge in [-0.1, -0.05) is 56.8 Å². The number of halogens is 3. The molecule has 2 saturated carbocycles. The summed E-state index contributed by atoms with van der Waals surface area (Å²) in [5, 5.41) is 0. The SMILES string of the molecule is FC(F)(F)c1cccc(N2C(=S)C3(CCCCC3)[C@@H](N3CCCC3)C2=NC2CCCCC2)c1. The summed E-state index contributed by atoms with van der Waals surface area (Å²) in [7, 11) is 0. The van der Waals surface area contributed by atoms with Crippen LogP contribution in [0.4, 0.5) is 18.9 Å². The Morgan fingerprint density at radius 3 is 2.24 bits per heavy atom. The molecule has 2 aliphatic carbocycles. The Hall–Kier alpha value is -1.47. The van der Waals surface area contributed by atoms with Crippen LogP contribution < -0.4 is 4.90 Å². The maximum absolute atomic E-state index is 13.6. The summed E-state index contributed by atoms with van der Waals surface area (Å²) in [4.78, 5) is 10.7. The van der Waals surface area contributed by atoms with Crippen molar-refractivity contribution in [1.82, 2.24) is 4.90 Å². The molecule has 4 aliphatic rings. The second kappa shape index (κ2) is 9.29. The Bertz CT molecular complexity index is 894. The van der Waals surface area contributed by atoms with Crippen LogP contribution in [0.3, 0.4) is 0 Å². The van der Waals surface area contributed by atoms with Crippen LogP contribution in [0.15, 0.2) is 29.3 Å². The molecule has 2 aliphatic heterocycles. The zero-order valence-electron chi connectivity index (χ0n) is 19.2. The first-order valence-corrected chi connectivity index (χ1v) is 13.1. The highest BCUT2D eigenvalue weighted by Gasteiger charge is 2.58. The standard InChI is InChI=1S/C26H34F3N3S/c27-26(28,29)19-10-9-13-21(18-19)32-23(30-20-11-3-1-4-12-20)22(31-16-7-8-17-31)25(24(32)33)14-5-2-6-15-25/h9-10,13,18,20,22H,1-8,11-12,14-17H2/t22-/m0/s1. The molecule has 2 heterocycles. The van der Waals surface area contributed by atoms with Crippen LogP contribution in [0.2, 0.25) is 0 Å². The summed E-state index contributed by atoms with van der Waals surface area (Å²) >= 11 is 6.19. The predicted molar refractivity (Wildman–Crippen MR) is 131 cm³/mol. The molecule has 33 heavy (non-hydrogen) atoms. The van der Waals surface area contributed by atoms with Gasteiger partial charge >= 0.3 is 6.18 Å². The van der Waals surface area contributed by atoms with Crippen molar-refractivity contribution in [1.29, 1.82) is 0 Å². The van der Waals surface area contributed by atoms with Crippen molar-refractivity contribution in [2.45, 2.75) is 95.3 Å². The highest BCUT2D eigenvalue weighted by Crippen LogP contribution is 2.51. The van der Waals surface area contributed by atoms with E-state index in [1.807, 2.05) is 4.90 Å². The Balaban J connectivity index is 1.64. The number of anilines is 1. The van der Waals surface area contributed by atoms with Crippen molar-refractivity contribution in [3.63, 3.8) is 0 Å². The van der Waals surface area contributed by atoms with Gasteiger partial charge < -0.3 is 0 Å². The molecule has 0 bridgehead atoms. The Labute approximate surface area is 200 Å². The molecular weight excluding hydrogens is 443 g/mol. The monoisotopic (exact) mass is 477 g/mol. The fraction of sp³-hybridized carbons (Fsp3) is 0.692. The van der Waals surface area contributed by atoms with Crippen molar-refractivity contribution in [3.8, 4) is 0 Å². The van der Waals surface area contributed by atoms with Crippen LogP contribution in [0.5, 0.6) is 0 Å². The molecule has 1 spiro atoms. The van der Waals surface area contributed by atoms with Gasteiger partial charge in [-0.05, 0) is 69.8 Å². The van der Waals surface area contributed by atoms with E-state index in [-0.39, 0.29) is 17.5 Å². The summed E-state index contributed by atoms with van der Waals surface area (Å²) in [6.45, 7) is 2.05. The third-order valence-corrected chi connectivity index (χ3v) is 8.79. The molecule has 3 nitrogen and oxygen atoms in total. The smallest absolute Gasteiger partial charge is 0.293 e. The van der Waals surface area contributed by atoms with Crippen LogP contribution in [-0.4, -0.2) is 40.9 Å². The highest BCUT2D eigenvalue weighted by atomic mass is 32.1. The summed E-state index contributed by atoms with van der Waals surface area (Å²) in [6.07, 6.45) is 9.14. The normalized spacial score (nSPS) is 28.3. The lowest BCUT2D eigenvalue weighted by Crippen LogP contribution is -2.50. The minimum absolute atomic E-state index is 0.0873. The topological polar surface area (TPSA) is 18.8 Å². The van der Waals surface area contributed by atoms with Gasteiger partial charge in [0, 0.05) is 11.1 Å². The molecule has 0 aromatic heterocycles. The first kappa shape index (κ1) is 23.3. The van der Waals surface area contributed by atoms with Gasteiger partial charge in [-0.25, -0.2) is 0 Å². The van der Waals surface area contributed by atoms with Gasteiger partial charge in [-0.2, -0.15) is 13.2 Å². The van der Waals surface area contributed by atoms with Crippen molar-refractivity contribution in [3.05, 3.63) is 29.8 Å². The van der Waals surface area contributed by atoms with Crippen molar-refractivity contribution in [2.24, 2.45) is 10.4 Å². The molecule has 0 amide bonds. The molecule has 0 N–H and O–H groups in total. The maximum Gasteiger partial charge on any atom is 0.416 e. The van der Waals surface area contributed by atoms with E-state index in [9.17, 15) is 13.2 Å². The average molecular weight is 478 g/mol. The molecule has 4 fully saturated rings. The minimum Gasteiger partial charge on any atom is -0.293 e. The number of alkyl halides is 3. The van der Waals surface area contributed by atoms with Crippen molar-refractivity contribution in [2.75, 3.05) is 18.0 Å². The number of aliphatic imine (C=N–C) groups is 1. The average Bonchev–Trinajstić information content (AvgIpc) is 3.41. The van der Waals surface area contributed by atoms with E-state index in [0.29, 0.717) is 5.69 Å². The molecule has 180 valence electrons. The fourth-order valence-corrected chi connectivity index (χ4v) is 7.11. The molecule has 1 aromatic carbocycles. The minimum atomic E-state index is -4.38. The molecule has 7 heteroatoms. The van der Waals surface area contributed by atoms with E-state index in [0.717, 1.165) is 68.5 Å². The quantitative estimate of drug-likeness (QED) is 0.437. The largest absolute Gasteiger partial charge is 0.416 e. The van der Waals surface area contributed by atoms with Gasteiger partial charge in [-0.3, -0.25) is 14.8 Å². The van der Waals surface area contributed by atoms with Gasteiger partial charge in [0.2, 0.25) is 0 Å². The van der Waals surface area contributed by atoms with E-state index in [1.165, 1.54) is 50.7 Å². The Morgan fingerprint density at radius 1 is 0.909 bits per heavy atom. The summed E-state index contributed by atoms with van der Waals surface area (Å²) in [5.41, 5.74) is -0.294. The number of hydrogen-bond acceptors (Lipinski definition) is 3. The van der Waals surface area contributed by atoms with Crippen LogP contribution in [-0.2, 0) is 6.18 Å².